The van der Waals surface area contributed by atoms with Crippen LogP contribution in [0.15, 0.2) is 77.9 Å². The highest BCUT2D eigenvalue weighted by Gasteiger charge is 2.15. The van der Waals surface area contributed by atoms with Crippen molar-refractivity contribution >= 4 is 29.7 Å². The first-order valence-electron chi connectivity index (χ1n) is 9.21. The number of anilines is 1. The molecular weight excluding hydrogens is 401 g/mol. The number of aryl methyl sites for hydroxylation is 1. The predicted octanol–water partition coefficient (Wildman–Crippen LogP) is 3.44. The predicted molar refractivity (Wildman–Crippen MR) is 113 cm³/mol. The molecule has 156 valence electrons. The molecule has 2 N–H and O–H groups in total. The molecule has 0 spiro atoms. The van der Waals surface area contributed by atoms with Gasteiger partial charge in [-0.15, -0.1) is 0 Å². The second-order valence-corrected chi connectivity index (χ2v) is 6.38. The van der Waals surface area contributed by atoms with Gasteiger partial charge in [-0.3, -0.25) is 9.59 Å². The number of nitrogens with one attached hydrogen (secondary N) is 2. The first-order valence-corrected chi connectivity index (χ1v) is 9.21. The Labute approximate surface area is 177 Å². The molecular formula is C23H18FN3O4. The van der Waals surface area contributed by atoms with Crippen molar-refractivity contribution in [1.82, 2.24) is 5.43 Å². The molecule has 0 atom stereocenters. The Hall–Kier alpha value is -4.33. The van der Waals surface area contributed by atoms with Crippen molar-refractivity contribution in [2.24, 2.45) is 5.10 Å². The monoisotopic (exact) mass is 419 g/mol. The molecule has 8 heteroatoms. The number of hydrogen-bond donors (Lipinski definition) is 2. The summed E-state index contributed by atoms with van der Waals surface area (Å²) < 4.78 is 19.0. The van der Waals surface area contributed by atoms with Gasteiger partial charge in [0.2, 0.25) is 0 Å². The molecule has 0 aliphatic rings. The number of halogens is 1. The number of hydrazone groups is 1. The highest BCUT2D eigenvalue weighted by molar-refractivity contribution is 6.39. The van der Waals surface area contributed by atoms with Crippen LogP contribution >= 0.6 is 0 Å². The summed E-state index contributed by atoms with van der Waals surface area (Å²) in [6, 6.07) is 19.0. The van der Waals surface area contributed by atoms with Gasteiger partial charge < -0.3 is 10.1 Å². The van der Waals surface area contributed by atoms with Crippen molar-refractivity contribution < 1.29 is 23.5 Å². The SMILES string of the molecule is Cc1ccccc1C(=O)Oc1ccccc1C=NNC(=O)C(=O)Nc1ccccc1F. The average molecular weight is 419 g/mol. The number of esters is 1. The van der Waals surface area contributed by atoms with Gasteiger partial charge in [-0.1, -0.05) is 42.5 Å². The minimum Gasteiger partial charge on any atom is -0.422 e. The standard InChI is InChI=1S/C23H18FN3O4/c1-15-8-2-4-10-17(15)23(30)31-20-13-7-3-9-16(20)14-25-27-22(29)21(28)26-19-12-6-5-11-18(19)24/h2-14H,1H3,(H,26,28)(H,27,29). The fourth-order valence-corrected chi connectivity index (χ4v) is 2.59. The van der Waals surface area contributed by atoms with Crippen LogP contribution in [0.3, 0.4) is 0 Å². The van der Waals surface area contributed by atoms with E-state index in [0.29, 0.717) is 11.1 Å². The molecule has 0 bridgehead atoms. The van der Waals surface area contributed by atoms with E-state index >= 15 is 0 Å². The van der Waals surface area contributed by atoms with Crippen LogP contribution in [0.4, 0.5) is 10.1 Å². The smallest absolute Gasteiger partial charge is 0.343 e. The second kappa shape index (κ2) is 9.93. The van der Waals surface area contributed by atoms with E-state index in [-0.39, 0.29) is 11.4 Å². The first kappa shape index (κ1) is 21.4. The van der Waals surface area contributed by atoms with Crippen molar-refractivity contribution in [3.63, 3.8) is 0 Å². The molecule has 3 rings (SSSR count). The average Bonchev–Trinajstić information content (AvgIpc) is 2.76. The van der Waals surface area contributed by atoms with Crippen LogP contribution in [0, 0.1) is 12.7 Å². The number of carbonyl (C=O) groups excluding carboxylic acids is 3. The van der Waals surface area contributed by atoms with Gasteiger partial charge >= 0.3 is 17.8 Å². The number of nitrogens with zero attached hydrogens (tertiary/aromatic N) is 1. The second-order valence-electron chi connectivity index (χ2n) is 6.38. The lowest BCUT2D eigenvalue weighted by Gasteiger charge is -2.09. The van der Waals surface area contributed by atoms with Crippen LogP contribution in [0.5, 0.6) is 5.75 Å². The lowest BCUT2D eigenvalue weighted by molar-refractivity contribution is -0.136. The van der Waals surface area contributed by atoms with E-state index in [1.165, 1.54) is 24.4 Å². The van der Waals surface area contributed by atoms with Gasteiger partial charge in [0.1, 0.15) is 11.6 Å². The summed E-state index contributed by atoms with van der Waals surface area (Å²) in [6.45, 7) is 1.80. The Kier molecular flexibility index (Phi) is 6.85. The van der Waals surface area contributed by atoms with Gasteiger partial charge in [0, 0.05) is 5.56 Å². The maximum atomic E-state index is 13.6. The number of amides is 2. The topological polar surface area (TPSA) is 96.9 Å². The van der Waals surface area contributed by atoms with Crippen molar-refractivity contribution in [2.75, 3.05) is 5.32 Å². The van der Waals surface area contributed by atoms with Gasteiger partial charge in [-0.25, -0.2) is 14.6 Å². The zero-order valence-electron chi connectivity index (χ0n) is 16.5. The molecule has 0 radical (unpaired) electrons. The van der Waals surface area contributed by atoms with Gasteiger partial charge in [0.05, 0.1) is 17.5 Å². The molecule has 0 saturated heterocycles. The van der Waals surface area contributed by atoms with Gasteiger partial charge in [0.25, 0.3) is 0 Å². The minimum absolute atomic E-state index is 0.125. The third-order valence-electron chi connectivity index (χ3n) is 4.18. The van der Waals surface area contributed by atoms with Crippen LogP contribution in [0.25, 0.3) is 0 Å². The maximum Gasteiger partial charge on any atom is 0.343 e. The molecule has 0 unspecified atom stereocenters. The lowest BCUT2D eigenvalue weighted by Crippen LogP contribution is -2.32. The third-order valence-corrected chi connectivity index (χ3v) is 4.18. The van der Waals surface area contributed by atoms with Crippen LogP contribution in [0.1, 0.15) is 21.5 Å². The molecule has 3 aromatic rings. The van der Waals surface area contributed by atoms with E-state index in [1.54, 1.807) is 49.4 Å². The molecule has 3 aromatic carbocycles. The Morgan fingerprint density at radius 3 is 2.35 bits per heavy atom. The van der Waals surface area contributed by atoms with Crippen molar-refractivity contribution in [3.05, 3.63) is 95.3 Å². The van der Waals surface area contributed by atoms with Gasteiger partial charge in [-0.05, 0) is 42.8 Å². The maximum absolute atomic E-state index is 13.6. The molecule has 0 saturated carbocycles. The molecule has 7 nitrogen and oxygen atoms in total. The molecule has 0 aromatic heterocycles. The Bertz CT molecular complexity index is 1160. The summed E-state index contributed by atoms with van der Waals surface area (Å²) in [7, 11) is 0. The van der Waals surface area contributed by atoms with Crippen molar-refractivity contribution in [3.8, 4) is 5.75 Å². The molecule has 0 fully saturated rings. The molecule has 2 amide bonds. The molecule has 0 aliphatic heterocycles. The number of para-hydroxylation sites is 2. The largest absolute Gasteiger partial charge is 0.422 e. The number of rotatable bonds is 5. The normalized spacial score (nSPS) is 10.5. The zero-order valence-corrected chi connectivity index (χ0v) is 16.5. The first-order chi connectivity index (χ1) is 15.0. The van der Waals surface area contributed by atoms with E-state index in [4.69, 9.17) is 4.74 Å². The number of ether oxygens (including phenoxy) is 1. The Morgan fingerprint density at radius 1 is 0.903 bits per heavy atom. The van der Waals surface area contributed by atoms with Crippen molar-refractivity contribution in [2.45, 2.75) is 6.92 Å². The van der Waals surface area contributed by atoms with Crippen LogP contribution in [-0.2, 0) is 9.59 Å². The fourth-order valence-electron chi connectivity index (χ4n) is 2.59. The lowest BCUT2D eigenvalue weighted by atomic mass is 10.1. The van der Waals surface area contributed by atoms with Crippen LogP contribution in [0.2, 0.25) is 0 Å². The summed E-state index contributed by atoms with van der Waals surface area (Å²) in [5.74, 6) is -3.15. The van der Waals surface area contributed by atoms with Crippen LogP contribution in [-0.4, -0.2) is 24.0 Å². The van der Waals surface area contributed by atoms with Crippen molar-refractivity contribution in [1.29, 1.82) is 0 Å². The van der Waals surface area contributed by atoms with Crippen LogP contribution < -0.4 is 15.5 Å². The highest BCUT2D eigenvalue weighted by atomic mass is 19.1. The Balaban J connectivity index is 1.64. The highest BCUT2D eigenvalue weighted by Crippen LogP contribution is 2.19. The summed E-state index contributed by atoms with van der Waals surface area (Å²) >= 11 is 0. The van der Waals surface area contributed by atoms with E-state index in [1.807, 2.05) is 11.5 Å². The zero-order chi connectivity index (χ0) is 22.2. The van der Waals surface area contributed by atoms with Gasteiger partial charge in [-0.2, -0.15) is 5.10 Å². The summed E-state index contributed by atoms with van der Waals surface area (Å²) in [4.78, 5) is 36.2. The third kappa shape index (κ3) is 5.60. The minimum atomic E-state index is -1.09. The molecule has 0 aliphatic carbocycles. The summed E-state index contributed by atoms with van der Waals surface area (Å²) in [5, 5.41) is 5.86. The van der Waals surface area contributed by atoms with E-state index in [9.17, 15) is 18.8 Å². The number of benzene rings is 3. The molecule has 0 heterocycles. The van der Waals surface area contributed by atoms with E-state index in [0.717, 1.165) is 11.6 Å². The fraction of sp³-hybridized carbons (Fsp3) is 0.0435. The van der Waals surface area contributed by atoms with Gasteiger partial charge in [0.15, 0.2) is 0 Å². The molecule has 31 heavy (non-hydrogen) atoms. The summed E-state index contributed by atoms with van der Waals surface area (Å²) in [5.41, 5.74) is 3.52. The number of carbonyl (C=O) groups is 3. The Morgan fingerprint density at radius 2 is 1.58 bits per heavy atom. The number of hydrogen-bond acceptors (Lipinski definition) is 5. The van der Waals surface area contributed by atoms with E-state index in [2.05, 4.69) is 10.4 Å². The summed E-state index contributed by atoms with van der Waals surface area (Å²) in [6.07, 6.45) is 1.23. The quantitative estimate of drug-likeness (QED) is 0.218. The van der Waals surface area contributed by atoms with E-state index < -0.39 is 23.6 Å².